The molecule has 3 heterocycles. The van der Waals surface area contributed by atoms with Gasteiger partial charge >= 0.3 is 0 Å². The van der Waals surface area contributed by atoms with E-state index in [1.54, 1.807) is 13.3 Å². The summed E-state index contributed by atoms with van der Waals surface area (Å²) in [6, 6.07) is 15.8. The molecule has 1 saturated heterocycles. The van der Waals surface area contributed by atoms with Crippen LogP contribution in [-0.4, -0.2) is 52.0 Å². The van der Waals surface area contributed by atoms with E-state index in [9.17, 15) is 4.79 Å². The van der Waals surface area contributed by atoms with Gasteiger partial charge in [0.2, 0.25) is 5.91 Å². The van der Waals surface area contributed by atoms with Gasteiger partial charge in [0.25, 0.3) is 0 Å². The SMILES string of the molecule is COc1cccc(CN2CCN(Cc3cccn3-c3ccc(Cl)cn3)CCC2=O)c1. The molecule has 1 aromatic carbocycles. The first-order valence-electron chi connectivity index (χ1n) is 10.0. The second kappa shape index (κ2) is 9.32. The first-order valence-corrected chi connectivity index (χ1v) is 10.4. The molecule has 7 heteroatoms. The van der Waals surface area contributed by atoms with Gasteiger partial charge < -0.3 is 14.2 Å². The summed E-state index contributed by atoms with van der Waals surface area (Å²) in [5.74, 6) is 1.84. The molecule has 1 aliphatic rings. The Morgan fingerprint density at radius 3 is 2.77 bits per heavy atom. The Bertz CT molecular complexity index is 1000. The van der Waals surface area contributed by atoms with Gasteiger partial charge in [-0.1, -0.05) is 23.7 Å². The predicted octanol–water partition coefficient (Wildman–Crippen LogP) is 3.77. The van der Waals surface area contributed by atoms with E-state index in [0.29, 0.717) is 24.5 Å². The Kier molecular flexibility index (Phi) is 6.35. The summed E-state index contributed by atoms with van der Waals surface area (Å²) in [5.41, 5.74) is 2.22. The second-order valence-electron chi connectivity index (χ2n) is 7.40. The largest absolute Gasteiger partial charge is 0.497 e. The van der Waals surface area contributed by atoms with Gasteiger partial charge in [-0.15, -0.1) is 0 Å². The molecule has 1 fully saturated rings. The molecule has 3 aromatic rings. The van der Waals surface area contributed by atoms with Gasteiger partial charge in [0.15, 0.2) is 0 Å². The maximum Gasteiger partial charge on any atom is 0.224 e. The summed E-state index contributed by atoms with van der Waals surface area (Å²) in [6.45, 7) is 3.64. The number of hydrogen-bond donors (Lipinski definition) is 0. The number of halogens is 1. The van der Waals surface area contributed by atoms with Gasteiger partial charge in [-0.05, 0) is 42.0 Å². The fraction of sp³-hybridized carbons (Fsp3) is 0.304. The fourth-order valence-electron chi connectivity index (χ4n) is 3.74. The lowest BCUT2D eigenvalue weighted by atomic mass is 10.2. The molecule has 30 heavy (non-hydrogen) atoms. The van der Waals surface area contributed by atoms with Crippen LogP contribution in [0.25, 0.3) is 5.82 Å². The molecular formula is C23H25ClN4O2. The Morgan fingerprint density at radius 1 is 1.07 bits per heavy atom. The highest BCUT2D eigenvalue weighted by atomic mass is 35.5. The van der Waals surface area contributed by atoms with Gasteiger partial charge in [0.05, 0.1) is 12.1 Å². The number of rotatable bonds is 6. The predicted molar refractivity (Wildman–Crippen MR) is 117 cm³/mol. The number of carbonyl (C=O) groups excluding carboxylic acids is 1. The van der Waals surface area contributed by atoms with Gasteiger partial charge in [0, 0.05) is 57.2 Å². The zero-order valence-corrected chi connectivity index (χ0v) is 17.8. The third-order valence-electron chi connectivity index (χ3n) is 5.37. The number of carbonyl (C=O) groups is 1. The van der Waals surface area contributed by atoms with Crippen LogP contribution < -0.4 is 4.74 Å². The van der Waals surface area contributed by atoms with Crippen molar-refractivity contribution < 1.29 is 9.53 Å². The molecule has 0 spiro atoms. The molecule has 0 unspecified atom stereocenters. The first kappa shape index (κ1) is 20.4. The van der Waals surface area contributed by atoms with Crippen LogP contribution in [0.1, 0.15) is 17.7 Å². The summed E-state index contributed by atoms with van der Waals surface area (Å²) in [4.78, 5) is 21.4. The number of pyridine rings is 1. The summed E-state index contributed by atoms with van der Waals surface area (Å²) in [7, 11) is 1.66. The molecule has 0 saturated carbocycles. The Hall–Kier alpha value is -2.83. The zero-order valence-electron chi connectivity index (χ0n) is 17.0. The van der Waals surface area contributed by atoms with Gasteiger partial charge in [-0.2, -0.15) is 0 Å². The third kappa shape index (κ3) is 4.83. The Morgan fingerprint density at radius 2 is 1.97 bits per heavy atom. The van der Waals surface area contributed by atoms with E-state index < -0.39 is 0 Å². The number of hydrogen-bond acceptors (Lipinski definition) is 4. The van der Waals surface area contributed by atoms with Crippen molar-refractivity contribution in [3.05, 3.63) is 77.2 Å². The number of aromatic nitrogens is 2. The van der Waals surface area contributed by atoms with Crippen LogP contribution in [0, 0.1) is 0 Å². The molecule has 4 rings (SSSR count). The van der Waals surface area contributed by atoms with Crippen molar-refractivity contribution >= 4 is 17.5 Å². The molecular weight excluding hydrogens is 400 g/mol. The summed E-state index contributed by atoms with van der Waals surface area (Å²) < 4.78 is 7.37. The minimum absolute atomic E-state index is 0.190. The number of methoxy groups -OCH3 is 1. The van der Waals surface area contributed by atoms with E-state index in [1.807, 2.05) is 53.6 Å². The van der Waals surface area contributed by atoms with E-state index in [2.05, 4.69) is 20.5 Å². The lowest BCUT2D eigenvalue weighted by molar-refractivity contribution is -0.130. The average Bonchev–Trinajstić information content (AvgIpc) is 3.15. The fourth-order valence-corrected chi connectivity index (χ4v) is 3.85. The van der Waals surface area contributed by atoms with Crippen molar-refractivity contribution in [2.75, 3.05) is 26.7 Å². The molecule has 0 radical (unpaired) electrons. The summed E-state index contributed by atoms with van der Waals surface area (Å²) in [5, 5.41) is 0.620. The van der Waals surface area contributed by atoms with Crippen LogP contribution in [0.5, 0.6) is 5.75 Å². The van der Waals surface area contributed by atoms with Crippen molar-refractivity contribution in [2.45, 2.75) is 19.5 Å². The van der Waals surface area contributed by atoms with E-state index in [4.69, 9.17) is 16.3 Å². The molecule has 2 aromatic heterocycles. The topological polar surface area (TPSA) is 50.6 Å². The Balaban J connectivity index is 1.41. The standard InChI is InChI=1S/C23H25ClN4O2/c1-30-21-6-2-4-18(14-21)16-27-13-12-26(11-9-23(27)29)17-20-5-3-10-28(20)22-8-7-19(24)15-25-22/h2-8,10,14-15H,9,11-13,16-17H2,1H3. The van der Waals surface area contributed by atoms with E-state index in [0.717, 1.165) is 42.5 Å². The Labute approximate surface area is 181 Å². The van der Waals surface area contributed by atoms with Crippen molar-refractivity contribution in [1.29, 1.82) is 0 Å². The first-order chi connectivity index (χ1) is 14.6. The van der Waals surface area contributed by atoms with Gasteiger partial charge in [-0.3, -0.25) is 9.69 Å². The molecule has 0 aliphatic carbocycles. The van der Waals surface area contributed by atoms with Crippen LogP contribution in [0.15, 0.2) is 60.9 Å². The van der Waals surface area contributed by atoms with Crippen LogP contribution >= 0.6 is 11.6 Å². The van der Waals surface area contributed by atoms with Crippen molar-refractivity contribution in [2.24, 2.45) is 0 Å². The third-order valence-corrected chi connectivity index (χ3v) is 5.59. The highest BCUT2D eigenvalue weighted by molar-refractivity contribution is 6.30. The average molecular weight is 425 g/mol. The normalized spacial score (nSPS) is 15.3. The van der Waals surface area contributed by atoms with Crippen molar-refractivity contribution in [3.63, 3.8) is 0 Å². The van der Waals surface area contributed by atoms with Crippen LogP contribution in [0.3, 0.4) is 0 Å². The molecule has 156 valence electrons. The maximum absolute atomic E-state index is 12.7. The number of nitrogens with zero attached hydrogens (tertiary/aromatic N) is 4. The zero-order chi connectivity index (χ0) is 20.9. The number of benzene rings is 1. The van der Waals surface area contributed by atoms with E-state index in [1.165, 1.54) is 0 Å². The molecule has 1 aliphatic heterocycles. The highest BCUT2D eigenvalue weighted by Crippen LogP contribution is 2.18. The van der Waals surface area contributed by atoms with Crippen molar-refractivity contribution in [3.8, 4) is 11.6 Å². The highest BCUT2D eigenvalue weighted by Gasteiger charge is 2.22. The van der Waals surface area contributed by atoms with Crippen molar-refractivity contribution in [1.82, 2.24) is 19.4 Å². The van der Waals surface area contributed by atoms with Crippen LogP contribution in [0.4, 0.5) is 0 Å². The lowest BCUT2D eigenvalue weighted by Gasteiger charge is -2.23. The second-order valence-corrected chi connectivity index (χ2v) is 7.83. The molecule has 1 amide bonds. The van der Waals surface area contributed by atoms with Crippen LogP contribution in [0.2, 0.25) is 5.02 Å². The van der Waals surface area contributed by atoms with Gasteiger partial charge in [0.1, 0.15) is 11.6 Å². The summed E-state index contributed by atoms with van der Waals surface area (Å²) in [6.07, 6.45) is 4.18. The molecule has 0 bridgehead atoms. The van der Waals surface area contributed by atoms with Gasteiger partial charge in [-0.25, -0.2) is 4.98 Å². The summed E-state index contributed by atoms with van der Waals surface area (Å²) >= 11 is 5.97. The molecule has 6 nitrogen and oxygen atoms in total. The van der Waals surface area contributed by atoms with E-state index in [-0.39, 0.29) is 5.91 Å². The van der Waals surface area contributed by atoms with Crippen LogP contribution in [-0.2, 0) is 17.9 Å². The lowest BCUT2D eigenvalue weighted by Crippen LogP contribution is -2.32. The minimum atomic E-state index is 0.190. The van der Waals surface area contributed by atoms with E-state index >= 15 is 0 Å². The molecule has 0 atom stereocenters. The smallest absolute Gasteiger partial charge is 0.224 e. The minimum Gasteiger partial charge on any atom is -0.497 e. The number of ether oxygens (including phenoxy) is 1. The monoisotopic (exact) mass is 424 g/mol. The molecule has 0 N–H and O–H groups in total. The maximum atomic E-state index is 12.7. The quantitative estimate of drug-likeness (QED) is 0.604. The number of amides is 1.